The molecule has 5 nitrogen and oxygen atoms in total. The summed E-state index contributed by atoms with van der Waals surface area (Å²) in [7, 11) is 0. The van der Waals surface area contributed by atoms with E-state index in [1.807, 2.05) is 6.92 Å². The summed E-state index contributed by atoms with van der Waals surface area (Å²) in [6.07, 6.45) is 0.879. The fraction of sp³-hybridized carbons (Fsp3) is 0.353. The SMILES string of the molecule is CCCn1c(SCc2cc3ccc(C)c(C)c3nc2Cl)n[nH]c1=O. The van der Waals surface area contributed by atoms with Crippen LogP contribution < -0.4 is 5.69 Å². The average Bonchev–Trinajstić information content (AvgIpc) is 2.91. The number of hydrogen-bond donors (Lipinski definition) is 1. The number of aryl methyl sites for hydroxylation is 2. The third-order valence-electron chi connectivity index (χ3n) is 4.06. The fourth-order valence-electron chi connectivity index (χ4n) is 2.58. The van der Waals surface area contributed by atoms with Gasteiger partial charge in [0.1, 0.15) is 5.15 Å². The Bertz CT molecular complexity index is 948. The Morgan fingerprint density at radius 1 is 1.33 bits per heavy atom. The summed E-state index contributed by atoms with van der Waals surface area (Å²) in [6.45, 7) is 6.81. The van der Waals surface area contributed by atoms with Crippen molar-refractivity contribution in [1.29, 1.82) is 0 Å². The first-order valence-corrected chi connectivity index (χ1v) is 9.21. The molecule has 2 aromatic heterocycles. The van der Waals surface area contributed by atoms with Crippen molar-refractivity contribution < 1.29 is 0 Å². The minimum atomic E-state index is -0.173. The number of aromatic nitrogens is 4. The van der Waals surface area contributed by atoms with E-state index in [4.69, 9.17) is 11.6 Å². The summed E-state index contributed by atoms with van der Waals surface area (Å²) in [6, 6.07) is 6.23. The summed E-state index contributed by atoms with van der Waals surface area (Å²) in [4.78, 5) is 16.3. The lowest BCUT2D eigenvalue weighted by atomic mass is 10.0. The van der Waals surface area contributed by atoms with Gasteiger partial charge in [-0.3, -0.25) is 4.57 Å². The van der Waals surface area contributed by atoms with E-state index in [-0.39, 0.29) is 5.69 Å². The van der Waals surface area contributed by atoms with E-state index >= 15 is 0 Å². The first-order valence-electron chi connectivity index (χ1n) is 7.84. The van der Waals surface area contributed by atoms with Crippen LogP contribution in [0.2, 0.25) is 5.15 Å². The lowest BCUT2D eigenvalue weighted by Crippen LogP contribution is -2.17. The van der Waals surface area contributed by atoms with Crippen LogP contribution in [-0.2, 0) is 12.3 Å². The second-order valence-corrected chi connectivity index (χ2v) is 7.07. The minimum Gasteiger partial charge on any atom is -0.270 e. The number of halogens is 1. The Kier molecular flexibility index (Phi) is 4.96. The van der Waals surface area contributed by atoms with Gasteiger partial charge in [-0.2, -0.15) is 0 Å². The lowest BCUT2D eigenvalue weighted by Gasteiger charge is -2.09. The highest BCUT2D eigenvalue weighted by atomic mass is 35.5. The quantitative estimate of drug-likeness (QED) is 0.548. The molecule has 7 heteroatoms. The Morgan fingerprint density at radius 2 is 2.12 bits per heavy atom. The predicted octanol–water partition coefficient (Wildman–Crippen LogP) is 4.09. The molecule has 0 spiro atoms. The molecule has 0 aliphatic heterocycles. The van der Waals surface area contributed by atoms with Gasteiger partial charge in [-0.15, -0.1) is 5.10 Å². The minimum absolute atomic E-state index is 0.173. The van der Waals surface area contributed by atoms with Crippen molar-refractivity contribution in [2.45, 2.75) is 44.6 Å². The molecule has 0 aliphatic rings. The number of nitrogens with one attached hydrogen (secondary N) is 1. The molecule has 3 rings (SSSR count). The van der Waals surface area contributed by atoms with Gasteiger partial charge in [-0.05, 0) is 37.5 Å². The molecule has 0 atom stereocenters. The number of hydrogen-bond acceptors (Lipinski definition) is 4. The van der Waals surface area contributed by atoms with Gasteiger partial charge >= 0.3 is 5.69 Å². The normalized spacial score (nSPS) is 11.3. The average molecular weight is 363 g/mol. The molecule has 3 aromatic rings. The zero-order valence-corrected chi connectivity index (χ0v) is 15.5. The van der Waals surface area contributed by atoms with Crippen molar-refractivity contribution in [2.75, 3.05) is 0 Å². The topological polar surface area (TPSA) is 63.6 Å². The number of benzene rings is 1. The highest BCUT2D eigenvalue weighted by Crippen LogP contribution is 2.29. The van der Waals surface area contributed by atoms with Crippen LogP contribution in [0.4, 0.5) is 0 Å². The van der Waals surface area contributed by atoms with Crippen molar-refractivity contribution in [3.05, 3.63) is 50.5 Å². The van der Waals surface area contributed by atoms with Gasteiger partial charge in [0.15, 0.2) is 5.16 Å². The Morgan fingerprint density at radius 3 is 2.88 bits per heavy atom. The van der Waals surface area contributed by atoms with Crippen LogP contribution in [-0.4, -0.2) is 19.7 Å². The molecule has 0 amide bonds. The van der Waals surface area contributed by atoms with Gasteiger partial charge in [-0.1, -0.05) is 42.4 Å². The molecule has 0 fully saturated rings. The van der Waals surface area contributed by atoms with Gasteiger partial charge in [0.2, 0.25) is 0 Å². The van der Waals surface area contributed by atoms with Gasteiger partial charge < -0.3 is 0 Å². The molecule has 1 N–H and O–H groups in total. The molecule has 0 aliphatic carbocycles. The zero-order valence-electron chi connectivity index (χ0n) is 13.9. The number of pyridine rings is 1. The molecule has 0 saturated heterocycles. The summed E-state index contributed by atoms with van der Waals surface area (Å²) in [5.41, 5.74) is 4.06. The number of H-pyrrole nitrogens is 1. The van der Waals surface area contributed by atoms with E-state index in [1.165, 1.54) is 17.3 Å². The maximum Gasteiger partial charge on any atom is 0.343 e. The smallest absolute Gasteiger partial charge is 0.270 e. The molecule has 0 unspecified atom stereocenters. The van der Waals surface area contributed by atoms with Gasteiger partial charge in [0, 0.05) is 23.2 Å². The molecule has 126 valence electrons. The van der Waals surface area contributed by atoms with Crippen molar-refractivity contribution in [1.82, 2.24) is 19.7 Å². The lowest BCUT2D eigenvalue weighted by molar-refractivity contribution is 0.604. The maximum absolute atomic E-state index is 11.7. The van der Waals surface area contributed by atoms with Crippen LogP contribution in [0.3, 0.4) is 0 Å². The van der Waals surface area contributed by atoms with Gasteiger partial charge in [-0.25, -0.2) is 14.9 Å². The van der Waals surface area contributed by atoms with E-state index in [2.05, 4.69) is 47.2 Å². The predicted molar refractivity (Wildman–Crippen MR) is 98.9 cm³/mol. The maximum atomic E-state index is 11.7. The Hall–Kier alpha value is -1.79. The van der Waals surface area contributed by atoms with Gasteiger partial charge in [0.25, 0.3) is 0 Å². The van der Waals surface area contributed by atoms with E-state index in [1.54, 1.807) is 4.57 Å². The summed E-state index contributed by atoms with van der Waals surface area (Å²) in [5.74, 6) is 0.614. The van der Waals surface area contributed by atoms with Crippen LogP contribution >= 0.6 is 23.4 Å². The molecule has 2 heterocycles. The van der Waals surface area contributed by atoms with Crippen molar-refractivity contribution in [2.24, 2.45) is 0 Å². The van der Waals surface area contributed by atoms with E-state index in [0.717, 1.165) is 28.5 Å². The highest BCUT2D eigenvalue weighted by Gasteiger charge is 2.12. The van der Waals surface area contributed by atoms with E-state index in [0.29, 0.717) is 22.6 Å². The Balaban J connectivity index is 1.90. The number of aromatic amines is 1. The first-order chi connectivity index (χ1) is 11.5. The van der Waals surface area contributed by atoms with E-state index in [9.17, 15) is 4.79 Å². The van der Waals surface area contributed by atoms with Crippen LogP contribution in [0.1, 0.15) is 30.0 Å². The van der Waals surface area contributed by atoms with Gasteiger partial charge in [0.05, 0.1) is 5.52 Å². The standard InChI is InChI=1S/C17H19ClN4OS/c1-4-7-22-16(23)20-21-17(22)24-9-13-8-12-6-5-10(2)11(3)14(12)19-15(13)18/h5-6,8H,4,7,9H2,1-3H3,(H,20,23). The third kappa shape index (κ3) is 3.21. The van der Waals surface area contributed by atoms with Crippen LogP contribution in [0.5, 0.6) is 0 Å². The van der Waals surface area contributed by atoms with Crippen molar-refractivity contribution in [3.63, 3.8) is 0 Å². The molecule has 0 saturated carbocycles. The van der Waals surface area contributed by atoms with Crippen LogP contribution in [0.25, 0.3) is 10.9 Å². The molecular formula is C17H19ClN4OS. The molecular weight excluding hydrogens is 344 g/mol. The first kappa shape index (κ1) is 17.0. The highest BCUT2D eigenvalue weighted by molar-refractivity contribution is 7.98. The number of nitrogens with zero attached hydrogens (tertiary/aromatic N) is 3. The van der Waals surface area contributed by atoms with Crippen LogP contribution in [0.15, 0.2) is 28.2 Å². The van der Waals surface area contributed by atoms with Crippen LogP contribution in [0, 0.1) is 13.8 Å². The fourth-order valence-corrected chi connectivity index (χ4v) is 3.81. The number of thioether (sulfide) groups is 1. The third-order valence-corrected chi connectivity index (χ3v) is 5.42. The zero-order chi connectivity index (χ0) is 17.3. The summed E-state index contributed by atoms with van der Waals surface area (Å²) >= 11 is 7.87. The molecule has 0 bridgehead atoms. The molecule has 0 radical (unpaired) electrons. The molecule has 24 heavy (non-hydrogen) atoms. The number of rotatable bonds is 5. The Labute approximate surface area is 149 Å². The summed E-state index contributed by atoms with van der Waals surface area (Å²) < 4.78 is 1.65. The van der Waals surface area contributed by atoms with Crippen molar-refractivity contribution in [3.8, 4) is 0 Å². The summed E-state index contributed by atoms with van der Waals surface area (Å²) in [5, 5.41) is 8.85. The van der Waals surface area contributed by atoms with Crippen molar-refractivity contribution >= 4 is 34.3 Å². The monoisotopic (exact) mass is 362 g/mol. The number of fused-ring (bicyclic) bond motifs is 1. The largest absolute Gasteiger partial charge is 0.343 e. The van der Waals surface area contributed by atoms with E-state index < -0.39 is 0 Å². The molecule has 1 aromatic carbocycles. The second kappa shape index (κ2) is 6.99. The second-order valence-electron chi connectivity index (χ2n) is 5.77.